The van der Waals surface area contributed by atoms with Gasteiger partial charge in [-0.1, -0.05) is 36.6 Å². The zero-order valence-corrected chi connectivity index (χ0v) is 11.7. The van der Waals surface area contributed by atoms with Crippen LogP contribution in [-0.4, -0.2) is 16.3 Å². The van der Waals surface area contributed by atoms with Gasteiger partial charge in [0.1, 0.15) is 0 Å². The van der Waals surface area contributed by atoms with Crippen LogP contribution in [0.1, 0.15) is 31.2 Å². The number of rotatable bonds is 4. The van der Waals surface area contributed by atoms with Crippen LogP contribution in [0, 0.1) is 5.92 Å². The number of benzene rings is 1. The van der Waals surface area contributed by atoms with Gasteiger partial charge in [-0.25, -0.2) is 0 Å². The number of carbonyl (C=O) groups is 1. The molecule has 1 aliphatic rings. The van der Waals surface area contributed by atoms with E-state index in [1.54, 1.807) is 11.8 Å². The summed E-state index contributed by atoms with van der Waals surface area (Å²) in [6.07, 6.45) is 4.06. The molecular formula is C14H17ClO2S. The molecule has 1 aromatic carbocycles. The summed E-state index contributed by atoms with van der Waals surface area (Å²) >= 11 is 7.61. The first kappa shape index (κ1) is 13.8. The van der Waals surface area contributed by atoms with Crippen LogP contribution in [0.25, 0.3) is 0 Å². The normalized spacial score (nSPS) is 23.8. The van der Waals surface area contributed by atoms with E-state index in [1.807, 2.05) is 24.3 Å². The number of hydrogen-bond acceptors (Lipinski definition) is 2. The fraction of sp³-hybridized carbons (Fsp3) is 0.500. The maximum atomic E-state index is 11.2. The Morgan fingerprint density at radius 1 is 1.28 bits per heavy atom. The molecule has 0 amide bonds. The second-order valence-corrected chi connectivity index (χ2v) is 6.37. The highest BCUT2D eigenvalue weighted by atomic mass is 35.5. The van der Waals surface area contributed by atoms with E-state index in [2.05, 4.69) is 0 Å². The molecule has 4 heteroatoms. The van der Waals surface area contributed by atoms with E-state index in [0.717, 1.165) is 36.5 Å². The van der Waals surface area contributed by atoms with E-state index in [-0.39, 0.29) is 11.2 Å². The molecule has 1 N–H and O–H groups in total. The molecule has 0 bridgehead atoms. The molecule has 1 fully saturated rings. The van der Waals surface area contributed by atoms with Gasteiger partial charge < -0.3 is 5.11 Å². The molecule has 18 heavy (non-hydrogen) atoms. The Kier molecular flexibility index (Phi) is 4.95. The molecule has 0 aromatic heterocycles. The van der Waals surface area contributed by atoms with Gasteiger partial charge in [0.15, 0.2) is 0 Å². The predicted molar refractivity (Wildman–Crippen MR) is 76.1 cm³/mol. The first-order chi connectivity index (χ1) is 8.66. The molecule has 2 unspecified atom stereocenters. The summed E-state index contributed by atoms with van der Waals surface area (Å²) in [5.74, 6) is 0.0605. The summed E-state index contributed by atoms with van der Waals surface area (Å²) in [5, 5.41) is 10.2. The van der Waals surface area contributed by atoms with Crippen molar-refractivity contribution >= 4 is 29.3 Å². The van der Waals surface area contributed by atoms with Gasteiger partial charge in [-0.2, -0.15) is 11.8 Å². The van der Waals surface area contributed by atoms with Crippen molar-refractivity contribution in [2.75, 3.05) is 0 Å². The van der Waals surface area contributed by atoms with Crippen LogP contribution in [0.2, 0.25) is 5.02 Å². The number of hydrogen-bond donors (Lipinski definition) is 1. The number of carboxylic acid groups (broad SMARTS) is 1. The van der Waals surface area contributed by atoms with Crippen molar-refractivity contribution in [2.24, 2.45) is 5.92 Å². The van der Waals surface area contributed by atoms with Gasteiger partial charge in [-0.3, -0.25) is 4.79 Å². The molecule has 0 heterocycles. The second-order valence-electron chi connectivity index (χ2n) is 4.71. The van der Waals surface area contributed by atoms with Gasteiger partial charge in [0, 0.05) is 16.0 Å². The van der Waals surface area contributed by atoms with Crippen molar-refractivity contribution in [1.82, 2.24) is 0 Å². The minimum absolute atomic E-state index is 0.170. The van der Waals surface area contributed by atoms with E-state index >= 15 is 0 Å². The minimum atomic E-state index is -0.636. The minimum Gasteiger partial charge on any atom is -0.481 e. The van der Waals surface area contributed by atoms with Crippen molar-refractivity contribution in [1.29, 1.82) is 0 Å². The van der Waals surface area contributed by atoms with Gasteiger partial charge in [-0.15, -0.1) is 0 Å². The molecule has 0 saturated heterocycles. The van der Waals surface area contributed by atoms with Crippen molar-refractivity contribution in [3.8, 4) is 0 Å². The Balaban J connectivity index is 1.91. The fourth-order valence-electron chi connectivity index (χ4n) is 2.36. The Labute approximate surface area is 117 Å². The summed E-state index contributed by atoms with van der Waals surface area (Å²) in [6, 6.07) is 7.78. The van der Waals surface area contributed by atoms with Gasteiger partial charge in [0.05, 0.1) is 5.92 Å². The summed E-state index contributed by atoms with van der Waals surface area (Å²) in [4.78, 5) is 11.2. The molecule has 2 atom stereocenters. The van der Waals surface area contributed by atoms with Crippen LogP contribution < -0.4 is 0 Å². The molecule has 0 aliphatic heterocycles. The molecule has 0 spiro atoms. The van der Waals surface area contributed by atoms with E-state index in [1.165, 1.54) is 5.56 Å². The standard InChI is InChI=1S/C14H17ClO2S/c15-11-7-5-10(6-8-11)9-18-13-4-2-1-3-12(13)14(16)17/h5-8,12-13H,1-4,9H2,(H,16,17). The Hall–Kier alpha value is -0.670. The number of thioether (sulfide) groups is 1. The Morgan fingerprint density at radius 3 is 2.61 bits per heavy atom. The lowest BCUT2D eigenvalue weighted by Gasteiger charge is -2.27. The highest BCUT2D eigenvalue weighted by molar-refractivity contribution is 7.99. The van der Waals surface area contributed by atoms with E-state index in [9.17, 15) is 9.90 Å². The van der Waals surface area contributed by atoms with Gasteiger partial charge in [0.25, 0.3) is 0 Å². The maximum Gasteiger partial charge on any atom is 0.307 e. The maximum absolute atomic E-state index is 11.2. The summed E-state index contributed by atoms with van der Waals surface area (Å²) in [6.45, 7) is 0. The van der Waals surface area contributed by atoms with Crippen LogP contribution in [0.5, 0.6) is 0 Å². The van der Waals surface area contributed by atoms with Gasteiger partial charge in [0.2, 0.25) is 0 Å². The molecule has 1 saturated carbocycles. The Morgan fingerprint density at radius 2 is 1.94 bits per heavy atom. The third kappa shape index (κ3) is 3.66. The first-order valence-corrected chi connectivity index (χ1v) is 7.68. The Bertz CT molecular complexity index is 405. The lowest BCUT2D eigenvalue weighted by molar-refractivity contribution is -0.142. The van der Waals surface area contributed by atoms with Gasteiger partial charge >= 0.3 is 5.97 Å². The molecule has 1 aliphatic carbocycles. The molecule has 0 radical (unpaired) electrons. The van der Waals surface area contributed by atoms with Crippen LogP contribution in [0.4, 0.5) is 0 Å². The smallest absolute Gasteiger partial charge is 0.307 e. The quantitative estimate of drug-likeness (QED) is 0.899. The largest absolute Gasteiger partial charge is 0.481 e. The number of carboxylic acids is 1. The van der Waals surface area contributed by atoms with Crippen LogP contribution in [-0.2, 0) is 10.5 Å². The zero-order chi connectivity index (χ0) is 13.0. The van der Waals surface area contributed by atoms with E-state index in [4.69, 9.17) is 11.6 Å². The first-order valence-electron chi connectivity index (χ1n) is 6.25. The average Bonchev–Trinajstić information content (AvgIpc) is 2.38. The van der Waals surface area contributed by atoms with Crippen molar-refractivity contribution in [3.05, 3.63) is 34.9 Å². The third-order valence-corrected chi connectivity index (χ3v) is 5.14. The summed E-state index contributed by atoms with van der Waals surface area (Å²) in [5.41, 5.74) is 1.21. The number of halogens is 1. The number of aliphatic carboxylic acids is 1. The highest BCUT2D eigenvalue weighted by Gasteiger charge is 2.30. The molecule has 2 rings (SSSR count). The van der Waals surface area contributed by atoms with Crippen LogP contribution in [0.15, 0.2) is 24.3 Å². The van der Waals surface area contributed by atoms with Crippen LogP contribution in [0.3, 0.4) is 0 Å². The molecule has 1 aromatic rings. The van der Waals surface area contributed by atoms with Crippen molar-refractivity contribution in [2.45, 2.75) is 36.7 Å². The van der Waals surface area contributed by atoms with Crippen molar-refractivity contribution in [3.63, 3.8) is 0 Å². The second kappa shape index (κ2) is 6.48. The third-order valence-electron chi connectivity index (χ3n) is 3.40. The van der Waals surface area contributed by atoms with E-state index < -0.39 is 5.97 Å². The fourth-order valence-corrected chi connectivity index (χ4v) is 3.91. The van der Waals surface area contributed by atoms with Gasteiger partial charge in [-0.05, 0) is 30.5 Å². The van der Waals surface area contributed by atoms with Crippen LogP contribution >= 0.6 is 23.4 Å². The highest BCUT2D eigenvalue weighted by Crippen LogP contribution is 2.35. The zero-order valence-electron chi connectivity index (χ0n) is 10.1. The van der Waals surface area contributed by atoms with E-state index in [0.29, 0.717) is 0 Å². The molecule has 2 nitrogen and oxygen atoms in total. The molecule has 98 valence electrons. The monoisotopic (exact) mass is 284 g/mol. The topological polar surface area (TPSA) is 37.3 Å². The van der Waals surface area contributed by atoms with Crippen molar-refractivity contribution < 1.29 is 9.90 Å². The molecular weight excluding hydrogens is 268 g/mol. The predicted octanol–water partition coefficient (Wildman–Crippen LogP) is 4.22. The SMILES string of the molecule is O=C(O)C1CCCCC1SCc1ccc(Cl)cc1. The summed E-state index contributed by atoms with van der Waals surface area (Å²) in [7, 11) is 0. The average molecular weight is 285 g/mol. The lowest BCUT2D eigenvalue weighted by Crippen LogP contribution is -2.29. The summed E-state index contributed by atoms with van der Waals surface area (Å²) < 4.78 is 0. The lowest BCUT2D eigenvalue weighted by atomic mass is 9.89.